The number of H-pyrrole nitrogens is 1. The summed E-state index contributed by atoms with van der Waals surface area (Å²) >= 11 is 0. The molecular weight excluding hydrogens is 504 g/mol. The molecule has 2 aromatic carbocycles. The third kappa shape index (κ3) is 7.13. The van der Waals surface area contributed by atoms with Gasteiger partial charge >= 0.3 is 5.69 Å². The number of aromatic nitrogens is 4. The summed E-state index contributed by atoms with van der Waals surface area (Å²) in [5, 5.41) is 22.9. The molecule has 0 amide bonds. The van der Waals surface area contributed by atoms with Gasteiger partial charge in [-0.05, 0) is 61.0 Å². The van der Waals surface area contributed by atoms with Gasteiger partial charge in [-0.2, -0.15) is 4.68 Å². The molecule has 0 aliphatic heterocycles. The van der Waals surface area contributed by atoms with Crippen molar-refractivity contribution in [3.05, 3.63) is 88.2 Å². The lowest BCUT2D eigenvalue weighted by molar-refractivity contribution is -0.134. The maximum atomic E-state index is 12.8. The molecule has 0 radical (unpaired) electrons. The predicted octanol–water partition coefficient (Wildman–Crippen LogP) is 2.52. The second-order valence-electron chi connectivity index (χ2n) is 8.07. The van der Waals surface area contributed by atoms with E-state index in [-0.39, 0.29) is 11.7 Å². The fraction of sp³-hybridized carbons (Fsp3) is 0.192. The van der Waals surface area contributed by atoms with Gasteiger partial charge in [-0.25, -0.2) is 9.78 Å². The van der Waals surface area contributed by atoms with E-state index in [2.05, 4.69) is 20.4 Å². The summed E-state index contributed by atoms with van der Waals surface area (Å²) < 4.78 is 12.3. The van der Waals surface area contributed by atoms with Crippen LogP contribution in [0, 0.1) is 5.41 Å². The summed E-state index contributed by atoms with van der Waals surface area (Å²) in [6, 6.07) is 15.3. The normalized spacial score (nSPS) is 11.1. The molecule has 1 atom stereocenters. The minimum atomic E-state index is -0.833. The fourth-order valence-electron chi connectivity index (χ4n) is 3.56. The smallest absolute Gasteiger partial charge is 0.349 e. The molecule has 2 heterocycles. The third-order valence-electron chi connectivity index (χ3n) is 5.25. The van der Waals surface area contributed by atoms with Crippen molar-refractivity contribution in [3.63, 3.8) is 0 Å². The van der Waals surface area contributed by atoms with Gasteiger partial charge in [0.15, 0.2) is 23.1 Å². The van der Waals surface area contributed by atoms with Crippen LogP contribution >= 0.6 is 0 Å². The van der Waals surface area contributed by atoms with Crippen molar-refractivity contribution in [1.82, 2.24) is 19.7 Å². The summed E-state index contributed by atoms with van der Waals surface area (Å²) in [4.78, 5) is 28.8. The highest BCUT2D eigenvalue weighted by Gasteiger charge is 2.23. The first-order valence-electron chi connectivity index (χ1n) is 11.8. The van der Waals surface area contributed by atoms with E-state index in [1.165, 1.54) is 6.20 Å². The molecule has 4 aromatic rings. The predicted molar refractivity (Wildman–Crippen MR) is 147 cm³/mol. The molecule has 0 fully saturated rings. The Kier molecular flexibility index (Phi) is 9.24. The van der Waals surface area contributed by atoms with Crippen LogP contribution in [0.2, 0.25) is 0 Å². The van der Waals surface area contributed by atoms with Crippen LogP contribution in [0.3, 0.4) is 0 Å². The Bertz CT molecular complexity index is 1490. The molecule has 0 aliphatic rings. The van der Waals surface area contributed by atoms with Crippen molar-refractivity contribution in [2.24, 2.45) is 5.73 Å². The number of anilines is 2. The Morgan fingerprint density at radius 3 is 2.49 bits per heavy atom. The number of pyridine rings is 1. The zero-order valence-electron chi connectivity index (χ0n) is 21.6. The zero-order valence-corrected chi connectivity index (χ0v) is 21.6. The van der Waals surface area contributed by atoms with Gasteiger partial charge in [0, 0.05) is 24.4 Å². The Morgan fingerprint density at radius 1 is 1.21 bits per heavy atom. The first-order valence-corrected chi connectivity index (χ1v) is 11.8. The standard InChI is InChI=1S/C24H26N8O3.C2H4O2/c1-3-35-19-13-15(8-11-18(19)34-2)20(29-16-9-6-14(7-10-16)21(26)27)22-30-24(33)32(31-22)23-17(25)5-4-12-28-23;1-2(3)4/h4-13,20,29H,3,25H2,1-2H3,(H3,26,27)(H,30,31,33);1H3,(H,3,4). The van der Waals surface area contributed by atoms with E-state index >= 15 is 0 Å². The van der Waals surface area contributed by atoms with E-state index in [9.17, 15) is 4.79 Å². The highest BCUT2D eigenvalue weighted by atomic mass is 16.5. The third-order valence-corrected chi connectivity index (χ3v) is 5.25. The maximum absolute atomic E-state index is 12.8. The van der Waals surface area contributed by atoms with Gasteiger partial charge in [0.1, 0.15) is 11.9 Å². The monoisotopic (exact) mass is 534 g/mol. The molecule has 2 aromatic heterocycles. The van der Waals surface area contributed by atoms with Crippen LogP contribution in [0.5, 0.6) is 11.5 Å². The average molecular weight is 535 g/mol. The second kappa shape index (κ2) is 12.8. The number of hydrogen-bond acceptors (Lipinski definition) is 9. The van der Waals surface area contributed by atoms with E-state index in [1.807, 2.05) is 19.1 Å². The zero-order chi connectivity index (χ0) is 28.5. The van der Waals surface area contributed by atoms with E-state index in [0.29, 0.717) is 35.2 Å². The van der Waals surface area contributed by atoms with Gasteiger partial charge in [0.05, 0.1) is 19.4 Å². The minimum absolute atomic E-state index is 0.0272. The number of nitrogens with one attached hydrogen (secondary N) is 3. The molecule has 1 unspecified atom stereocenters. The number of rotatable bonds is 9. The van der Waals surface area contributed by atoms with Crippen molar-refractivity contribution >= 4 is 23.2 Å². The number of carbonyl (C=O) groups is 1. The number of nitrogens with zero attached hydrogens (tertiary/aromatic N) is 3. The number of aliphatic carboxylic acids is 1. The van der Waals surface area contributed by atoms with Crippen LogP contribution in [0.25, 0.3) is 5.82 Å². The second-order valence-corrected chi connectivity index (χ2v) is 8.07. The molecule has 39 heavy (non-hydrogen) atoms. The molecule has 0 bridgehead atoms. The largest absolute Gasteiger partial charge is 0.493 e. The average Bonchev–Trinajstić information content (AvgIpc) is 3.28. The molecule has 4 rings (SSSR count). The molecule has 13 heteroatoms. The topological polar surface area (TPSA) is 207 Å². The number of carboxylic acid groups (broad SMARTS) is 1. The lowest BCUT2D eigenvalue weighted by Gasteiger charge is -2.20. The Labute approximate surface area is 223 Å². The number of benzene rings is 2. The summed E-state index contributed by atoms with van der Waals surface area (Å²) in [7, 11) is 1.57. The fourth-order valence-corrected chi connectivity index (χ4v) is 3.56. The van der Waals surface area contributed by atoms with E-state index < -0.39 is 17.7 Å². The Morgan fingerprint density at radius 2 is 1.90 bits per heavy atom. The van der Waals surface area contributed by atoms with Gasteiger partial charge in [-0.15, -0.1) is 5.10 Å². The highest BCUT2D eigenvalue weighted by Crippen LogP contribution is 2.33. The minimum Gasteiger partial charge on any atom is -0.493 e. The molecule has 204 valence electrons. The number of amidine groups is 1. The van der Waals surface area contributed by atoms with Gasteiger partial charge < -0.3 is 31.4 Å². The van der Waals surface area contributed by atoms with Gasteiger partial charge in [-0.1, -0.05) is 6.07 Å². The molecular formula is C26H30N8O5. The van der Waals surface area contributed by atoms with Crippen molar-refractivity contribution < 1.29 is 19.4 Å². The maximum Gasteiger partial charge on any atom is 0.349 e. The van der Waals surface area contributed by atoms with E-state index in [1.54, 1.807) is 49.6 Å². The van der Waals surface area contributed by atoms with Crippen LogP contribution in [-0.4, -0.2) is 50.4 Å². The Hall–Kier alpha value is -5.33. The van der Waals surface area contributed by atoms with Crippen LogP contribution in [0.1, 0.15) is 36.8 Å². The van der Waals surface area contributed by atoms with Gasteiger partial charge in [0.25, 0.3) is 5.97 Å². The van der Waals surface area contributed by atoms with Gasteiger partial charge in [0.2, 0.25) is 0 Å². The van der Waals surface area contributed by atoms with Crippen LogP contribution in [0.15, 0.2) is 65.6 Å². The number of carboxylic acids is 1. The molecule has 0 saturated heterocycles. The summed E-state index contributed by atoms with van der Waals surface area (Å²) in [6.07, 6.45) is 1.54. The first-order chi connectivity index (χ1) is 18.6. The van der Waals surface area contributed by atoms with Gasteiger partial charge in [-0.3, -0.25) is 15.2 Å². The summed E-state index contributed by atoms with van der Waals surface area (Å²) in [5.41, 5.74) is 13.5. The number of aromatic amines is 1. The van der Waals surface area contributed by atoms with Crippen molar-refractivity contribution in [2.75, 3.05) is 24.8 Å². The quantitative estimate of drug-likeness (QED) is 0.137. The van der Waals surface area contributed by atoms with Crippen molar-refractivity contribution in [2.45, 2.75) is 19.9 Å². The van der Waals surface area contributed by atoms with Crippen LogP contribution in [-0.2, 0) is 4.79 Å². The Balaban J connectivity index is 0.000000983. The van der Waals surface area contributed by atoms with E-state index in [0.717, 1.165) is 22.9 Å². The summed E-state index contributed by atoms with van der Waals surface area (Å²) in [5.74, 6) is 0.848. The van der Waals surface area contributed by atoms with E-state index in [4.69, 9.17) is 36.3 Å². The van der Waals surface area contributed by atoms with Crippen molar-refractivity contribution in [1.29, 1.82) is 5.41 Å². The number of nitrogens with two attached hydrogens (primary N) is 2. The highest BCUT2D eigenvalue weighted by molar-refractivity contribution is 5.95. The molecule has 0 saturated carbocycles. The molecule has 8 N–H and O–H groups in total. The lowest BCUT2D eigenvalue weighted by Crippen LogP contribution is -2.18. The molecule has 13 nitrogen and oxygen atoms in total. The van der Waals surface area contributed by atoms with Crippen LogP contribution < -0.4 is 31.9 Å². The SMILES string of the molecule is CC(=O)O.CCOc1cc(C(Nc2ccc(C(=N)N)cc2)c2nn(-c3ncccc3N)c(=O)[nH]2)ccc1OC. The number of nitrogen functional groups attached to an aromatic ring is 2. The van der Waals surface area contributed by atoms with Crippen molar-refractivity contribution in [3.8, 4) is 17.3 Å². The first kappa shape index (κ1) is 28.2. The van der Waals surface area contributed by atoms with Crippen LogP contribution in [0.4, 0.5) is 11.4 Å². The lowest BCUT2D eigenvalue weighted by atomic mass is 10.0. The number of hydrogen-bond donors (Lipinski definition) is 6. The number of ether oxygens (including phenoxy) is 2. The molecule has 0 aliphatic carbocycles. The number of methoxy groups -OCH3 is 1. The summed E-state index contributed by atoms with van der Waals surface area (Å²) in [6.45, 7) is 3.42. The molecule has 0 spiro atoms.